The number of nitrogens with two attached hydrogens (primary N) is 1. The number of alkyl halides is 2. The van der Waals surface area contributed by atoms with Crippen LogP contribution in [-0.4, -0.2) is 46.7 Å². The maximum Gasteiger partial charge on any atom is 0.289 e. The number of aliphatic hydroxyl groups is 1. The Bertz CT molecular complexity index is 947. The Balaban J connectivity index is 2.33. The van der Waals surface area contributed by atoms with Crippen LogP contribution in [0.2, 0.25) is 0 Å². The van der Waals surface area contributed by atoms with E-state index >= 15 is 0 Å². The van der Waals surface area contributed by atoms with Gasteiger partial charge in [-0.25, -0.2) is 13.2 Å². The van der Waals surface area contributed by atoms with E-state index in [0.29, 0.717) is 11.6 Å². The zero-order valence-corrected chi connectivity index (χ0v) is 19.1. The van der Waals surface area contributed by atoms with Crippen LogP contribution in [0.25, 0.3) is 0 Å². The van der Waals surface area contributed by atoms with E-state index < -0.39 is 65.4 Å². The molecule has 0 spiro atoms. The number of carbonyl (C=O) groups excluding carboxylic acids is 3. The van der Waals surface area contributed by atoms with Crippen molar-refractivity contribution >= 4 is 23.4 Å². The number of nitrogens with one attached hydrogen (secondary N) is 1. The van der Waals surface area contributed by atoms with Gasteiger partial charge in [-0.15, -0.1) is 0 Å². The Morgan fingerprint density at radius 3 is 2.30 bits per heavy atom. The SMILES string of the molecule is CN(C(=O)/C(O)=C/C(N)=O)C(C(=O)Nc1ccc(C(C)(C)C)c(F)c1)C1CCC(F)(F)CC1. The van der Waals surface area contributed by atoms with E-state index in [1.54, 1.807) is 0 Å². The molecule has 0 aliphatic heterocycles. The number of hydrogen-bond donors (Lipinski definition) is 3. The Hall–Kier alpha value is -3.04. The number of likely N-dealkylation sites (N-methyl/N-ethyl adjacent to an activating group) is 1. The lowest BCUT2D eigenvalue weighted by Crippen LogP contribution is -2.51. The fourth-order valence-electron chi connectivity index (χ4n) is 4.01. The van der Waals surface area contributed by atoms with Crippen LogP contribution in [0.5, 0.6) is 0 Å². The van der Waals surface area contributed by atoms with Crippen LogP contribution in [0.4, 0.5) is 18.9 Å². The molecule has 1 aromatic rings. The van der Waals surface area contributed by atoms with Gasteiger partial charge in [-0.05, 0) is 41.9 Å². The minimum Gasteiger partial charge on any atom is -0.503 e. The van der Waals surface area contributed by atoms with Crippen LogP contribution in [0.15, 0.2) is 30.0 Å². The van der Waals surface area contributed by atoms with Crippen molar-refractivity contribution in [2.45, 2.75) is 63.8 Å². The summed E-state index contributed by atoms with van der Waals surface area (Å²) in [6, 6.07) is 2.95. The lowest BCUT2D eigenvalue weighted by molar-refractivity contribution is -0.139. The quantitative estimate of drug-likeness (QED) is 0.436. The summed E-state index contributed by atoms with van der Waals surface area (Å²) in [6.07, 6.45) is -0.493. The first-order chi connectivity index (χ1) is 15.1. The van der Waals surface area contributed by atoms with Crippen molar-refractivity contribution < 1.29 is 32.7 Å². The molecule has 10 heteroatoms. The average Bonchev–Trinajstić information content (AvgIpc) is 2.67. The van der Waals surface area contributed by atoms with Gasteiger partial charge in [0, 0.05) is 25.6 Å². The smallest absolute Gasteiger partial charge is 0.289 e. The fraction of sp³-hybridized carbons (Fsp3) is 0.522. The van der Waals surface area contributed by atoms with Crippen molar-refractivity contribution in [3.05, 3.63) is 41.4 Å². The summed E-state index contributed by atoms with van der Waals surface area (Å²) in [5.41, 5.74) is 5.07. The standard InChI is InChI=1S/C23H30F3N3O4/c1-22(2,3)15-6-5-14(11-16(15)24)28-20(32)19(13-7-9-23(25,26)10-8-13)29(4)21(33)17(30)12-18(27)31/h5-6,11-13,19,30H,7-10H2,1-4H3,(H2,27,31)(H,28,32)/b17-12-. The molecule has 1 aromatic carbocycles. The maximum atomic E-state index is 14.6. The lowest BCUT2D eigenvalue weighted by atomic mass is 9.81. The zero-order chi connectivity index (χ0) is 25.1. The summed E-state index contributed by atoms with van der Waals surface area (Å²) < 4.78 is 41.9. The third-order valence-electron chi connectivity index (χ3n) is 5.76. The summed E-state index contributed by atoms with van der Waals surface area (Å²) in [5.74, 6) is -7.87. The number of anilines is 1. The molecule has 0 bridgehead atoms. The molecule has 1 atom stereocenters. The van der Waals surface area contributed by atoms with Gasteiger partial charge in [0.1, 0.15) is 11.9 Å². The van der Waals surface area contributed by atoms with Crippen LogP contribution in [-0.2, 0) is 19.8 Å². The first-order valence-corrected chi connectivity index (χ1v) is 10.6. The van der Waals surface area contributed by atoms with Gasteiger partial charge < -0.3 is 21.1 Å². The topological polar surface area (TPSA) is 113 Å². The predicted octanol–water partition coefficient (Wildman–Crippen LogP) is 3.64. The second-order valence-electron chi connectivity index (χ2n) is 9.42. The molecule has 7 nitrogen and oxygen atoms in total. The number of rotatable bonds is 6. The summed E-state index contributed by atoms with van der Waals surface area (Å²) in [6.45, 7) is 5.52. The van der Waals surface area contributed by atoms with E-state index in [0.717, 1.165) is 11.0 Å². The van der Waals surface area contributed by atoms with Crippen molar-refractivity contribution in [1.29, 1.82) is 0 Å². The van der Waals surface area contributed by atoms with Crippen molar-refractivity contribution in [3.63, 3.8) is 0 Å². The van der Waals surface area contributed by atoms with Gasteiger partial charge in [0.25, 0.3) is 5.91 Å². The largest absolute Gasteiger partial charge is 0.503 e. The number of carbonyl (C=O) groups is 3. The van der Waals surface area contributed by atoms with E-state index in [2.05, 4.69) is 5.32 Å². The molecule has 1 aliphatic carbocycles. The second-order valence-corrected chi connectivity index (χ2v) is 9.42. The van der Waals surface area contributed by atoms with Crippen LogP contribution < -0.4 is 11.1 Å². The van der Waals surface area contributed by atoms with Crippen LogP contribution in [0.1, 0.15) is 52.0 Å². The van der Waals surface area contributed by atoms with Crippen molar-refractivity contribution in [3.8, 4) is 0 Å². The minimum absolute atomic E-state index is 0.0413. The molecule has 182 valence electrons. The summed E-state index contributed by atoms with van der Waals surface area (Å²) >= 11 is 0. The summed E-state index contributed by atoms with van der Waals surface area (Å²) in [4.78, 5) is 37.6. The van der Waals surface area contributed by atoms with Crippen LogP contribution in [0, 0.1) is 11.7 Å². The number of hydrogen-bond acceptors (Lipinski definition) is 4. The number of aliphatic hydroxyl groups excluding tert-OH is 1. The number of benzene rings is 1. The highest BCUT2D eigenvalue weighted by Gasteiger charge is 2.42. The Kier molecular flexibility index (Phi) is 7.82. The fourth-order valence-corrected chi connectivity index (χ4v) is 4.01. The van der Waals surface area contributed by atoms with E-state index in [-0.39, 0.29) is 18.5 Å². The lowest BCUT2D eigenvalue weighted by Gasteiger charge is -2.37. The predicted molar refractivity (Wildman–Crippen MR) is 117 cm³/mol. The van der Waals surface area contributed by atoms with Gasteiger partial charge in [-0.2, -0.15) is 0 Å². The summed E-state index contributed by atoms with van der Waals surface area (Å²) in [5, 5.41) is 12.4. The first-order valence-electron chi connectivity index (χ1n) is 10.6. The molecule has 1 saturated carbocycles. The molecule has 4 N–H and O–H groups in total. The van der Waals surface area contributed by atoms with Gasteiger partial charge in [0.15, 0.2) is 5.76 Å². The van der Waals surface area contributed by atoms with E-state index in [4.69, 9.17) is 5.73 Å². The molecular formula is C23H30F3N3O4. The molecule has 3 amide bonds. The third kappa shape index (κ3) is 6.72. The maximum absolute atomic E-state index is 14.6. The molecule has 1 unspecified atom stereocenters. The zero-order valence-electron chi connectivity index (χ0n) is 19.1. The van der Waals surface area contributed by atoms with Gasteiger partial charge in [-0.1, -0.05) is 26.8 Å². The van der Waals surface area contributed by atoms with E-state index in [1.165, 1.54) is 19.2 Å². The van der Waals surface area contributed by atoms with Crippen molar-refractivity contribution in [2.24, 2.45) is 11.7 Å². The normalized spacial score (nSPS) is 17.8. The van der Waals surface area contributed by atoms with Crippen LogP contribution >= 0.6 is 0 Å². The number of nitrogens with zero attached hydrogens (tertiary/aromatic N) is 1. The highest BCUT2D eigenvalue weighted by atomic mass is 19.3. The average molecular weight is 470 g/mol. The molecule has 0 aromatic heterocycles. The Morgan fingerprint density at radius 1 is 1.24 bits per heavy atom. The summed E-state index contributed by atoms with van der Waals surface area (Å²) in [7, 11) is 1.22. The van der Waals surface area contributed by atoms with Gasteiger partial charge in [0.2, 0.25) is 17.7 Å². The highest BCUT2D eigenvalue weighted by Crippen LogP contribution is 2.39. The molecule has 0 saturated heterocycles. The van der Waals surface area contributed by atoms with Gasteiger partial charge in [-0.3, -0.25) is 14.4 Å². The monoisotopic (exact) mass is 469 g/mol. The number of amides is 3. The molecular weight excluding hydrogens is 439 g/mol. The molecule has 33 heavy (non-hydrogen) atoms. The van der Waals surface area contributed by atoms with Crippen molar-refractivity contribution in [1.82, 2.24) is 4.90 Å². The highest BCUT2D eigenvalue weighted by molar-refractivity contribution is 6.02. The molecule has 1 aliphatic rings. The first kappa shape index (κ1) is 26.2. The minimum atomic E-state index is -2.86. The Morgan fingerprint density at radius 2 is 1.82 bits per heavy atom. The molecule has 0 heterocycles. The molecule has 0 radical (unpaired) electrons. The molecule has 1 fully saturated rings. The van der Waals surface area contributed by atoms with Gasteiger partial charge >= 0.3 is 0 Å². The second kappa shape index (κ2) is 9.84. The van der Waals surface area contributed by atoms with E-state index in [9.17, 15) is 32.7 Å². The molecule has 2 rings (SSSR count). The van der Waals surface area contributed by atoms with Gasteiger partial charge in [0.05, 0.1) is 6.08 Å². The number of halogens is 3. The third-order valence-corrected chi connectivity index (χ3v) is 5.76. The number of primary amides is 1. The Labute approximate surface area is 190 Å². The van der Waals surface area contributed by atoms with E-state index in [1.807, 2.05) is 20.8 Å². The van der Waals surface area contributed by atoms with Crippen molar-refractivity contribution in [2.75, 3.05) is 12.4 Å². The van der Waals surface area contributed by atoms with Crippen LogP contribution in [0.3, 0.4) is 0 Å².